The molecular formula is C23H29N3O3S. The number of benzene rings is 1. The van der Waals surface area contributed by atoms with Crippen molar-refractivity contribution in [3.8, 4) is 11.5 Å². The van der Waals surface area contributed by atoms with E-state index < -0.39 is 4.93 Å². The van der Waals surface area contributed by atoms with Crippen molar-refractivity contribution in [1.29, 1.82) is 0 Å². The number of anilines is 1. The average Bonchev–Trinajstić information content (AvgIpc) is 2.76. The predicted molar refractivity (Wildman–Crippen MR) is 121 cm³/mol. The minimum atomic E-state index is -0.608. The molecular weight excluding hydrogens is 398 g/mol. The van der Waals surface area contributed by atoms with Crippen molar-refractivity contribution >= 4 is 22.8 Å². The molecule has 1 aromatic carbocycles. The third-order valence-corrected chi connectivity index (χ3v) is 7.45. The number of hydrogen-bond acceptors (Lipinski definition) is 6. The van der Waals surface area contributed by atoms with Crippen LogP contribution in [0.15, 0.2) is 24.4 Å². The fourth-order valence-corrected chi connectivity index (χ4v) is 5.22. The molecule has 0 saturated carbocycles. The second-order valence-electron chi connectivity index (χ2n) is 8.30. The zero-order valence-corrected chi connectivity index (χ0v) is 18.9. The lowest BCUT2D eigenvalue weighted by molar-refractivity contribution is 0.154. The third kappa shape index (κ3) is 3.83. The zero-order chi connectivity index (χ0) is 21.5. The summed E-state index contributed by atoms with van der Waals surface area (Å²) in [6.07, 6.45) is 3.32. The van der Waals surface area contributed by atoms with Gasteiger partial charge in [0.2, 0.25) is 0 Å². The van der Waals surface area contributed by atoms with Crippen LogP contribution in [0.5, 0.6) is 11.5 Å². The molecule has 0 spiro atoms. The van der Waals surface area contributed by atoms with Gasteiger partial charge in [0.1, 0.15) is 17.3 Å². The zero-order valence-electron chi connectivity index (χ0n) is 18.1. The Morgan fingerprint density at radius 1 is 1.13 bits per heavy atom. The van der Waals surface area contributed by atoms with E-state index in [4.69, 9.17) is 4.74 Å². The number of piperazine rings is 1. The number of hydrogen-bond donors (Lipinski definition) is 1. The first kappa shape index (κ1) is 20.8. The van der Waals surface area contributed by atoms with Crippen molar-refractivity contribution in [1.82, 2.24) is 9.88 Å². The summed E-state index contributed by atoms with van der Waals surface area (Å²) >= 11 is 1.28. The molecule has 2 aliphatic heterocycles. The van der Waals surface area contributed by atoms with Gasteiger partial charge in [-0.05, 0) is 74.7 Å². The number of thioether (sulfide) groups is 1. The third-order valence-electron chi connectivity index (χ3n) is 6.30. The highest BCUT2D eigenvalue weighted by Crippen LogP contribution is 2.46. The summed E-state index contributed by atoms with van der Waals surface area (Å²) in [5, 5.41) is 10.4. The summed E-state index contributed by atoms with van der Waals surface area (Å²) < 4.78 is 6.40. The summed E-state index contributed by atoms with van der Waals surface area (Å²) in [6, 6.07) is 5.90. The Labute approximate surface area is 182 Å². The molecule has 1 amide bonds. The molecule has 4 rings (SSSR count). The van der Waals surface area contributed by atoms with E-state index in [9.17, 15) is 9.90 Å². The van der Waals surface area contributed by atoms with Gasteiger partial charge >= 0.3 is 0 Å². The Morgan fingerprint density at radius 3 is 2.53 bits per heavy atom. The largest absolute Gasteiger partial charge is 0.507 e. The van der Waals surface area contributed by atoms with Crippen LogP contribution in [0.3, 0.4) is 0 Å². The lowest BCUT2D eigenvalue weighted by Gasteiger charge is -2.39. The number of pyridine rings is 1. The maximum absolute atomic E-state index is 13.0. The van der Waals surface area contributed by atoms with E-state index in [-0.39, 0.29) is 5.24 Å². The summed E-state index contributed by atoms with van der Waals surface area (Å²) in [7, 11) is 0. The maximum atomic E-state index is 13.0. The van der Waals surface area contributed by atoms with E-state index in [0.717, 1.165) is 59.8 Å². The minimum Gasteiger partial charge on any atom is -0.507 e. The van der Waals surface area contributed by atoms with Gasteiger partial charge in [0.25, 0.3) is 5.24 Å². The van der Waals surface area contributed by atoms with Gasteiger partial charge in [-0.2, -0.15) is 0 Å². The summed E-state index contributed by atoms with van der Waals surface area (Å²) in [6.45, 7) is 10.7. The topological polar surface area (TPSA) is 65.9 Å². The molecule has 3 heterocycles. The van der Waals surface area contributed by atoms with Gasteiger partial charge < -0.3 is 19.6 Å². The maximum Gasteiger partial charge on any atom is 0.285 e. The molecule has 30 heavy (non-hydrogen) atoms. The van der Waals surface area contributed by atoms with E-state index in [1.165, 1.54) is 11.8 Å². The molecule has 2 aromatic rings. The Kier molecular flexibility index (Phi) is 5.57. The minimum absolute atomic E-state index is 0.0616. The monoisotopic (exact) mass is 427 g/mol. The number of amides is 1. The number of fused-ring (bicyclic) bond motifs is 1. The molecule has 0 bridgehead atoms. The average molecular weight is 428 g/mol. The van der Waals surface area contributed by atoms with Crippen LogP contribution in [0, 0.1) is 20.8 Å². The van der Waals surface area contributed by atoms with Crippen LogP contribution in [0.1, 0.15) is 35.6 Å². The number of aromatic nitrogens is 1. The highest BCUT2D eigenvalue weighted by molar-refractivity contribution is 8.14. The first-order valence-electron chi connectivity index (χ1n) is 10.4. The number of phenols is 1. The lowest BCUT2D eigenvalue weighted by atomic mass is 9.92. The first-order valence-corrected chi connectivity index (χ1v) is 11.3. The van der Waals surface area contributed by atoms with Gasteiger partial charge in [-0.25, -0.2) is 4.98 Å². The van der Waals surface area contributed by atoms with E-state index >= 15 is 0 Å². The molecule has 0 radical (unpaired) electrons. The summed E-state index contributed by atoms with van der Waals surface area (Å²) in [5.41, 5.74) is 3.75. The van der Waals surface area contributed by atoms with E-state index in [1.54, 1.807) is 6.20 Å². The standard InChI is InChI=1S/C23H29N3O3S/c1-15-16(2)21-18(17(3)20(15)27)8-9-23(4,29-21)30-22(28)26-13-11-25(12-14-26)19-7-5-6-10-24-19/h5-7,10,27H,8-9,11-14H2,1-4H3. The molecule has 160 valence electrons. The fourth-order valence-electron chi connectivity index (χ4n) is 4.21. The molecule has 0 aliphatic carbocycles. The smallest absolute Gasteiger partial charge is 0.285 e. The normalized spacial score (nSPS) is 21.2. The van der Waals surface area contributed by atoms with Crippen LogP contribution in [0.25, 0.3) is 0 Å². The van der Waals surface area contributed by atoms with Gasteiger partial charge in [-0.15, -0.1) is 0 Å². The van der Waals surface area contributed by atoms with E-state index in [1.807, 2.05) is 50.8 Å². The van der Waals surface area contributed by atoms with Crippen molar-refractivity contribution in [2.24, 2.45) is 0 Å². The van der Waals surface area contributed by atoms with Crippen molar-refractivity contribution in [3.05, 3.63) is 46.6 Å². The van der Waals surface area contributed by atoms with Gasteiger partial charge in [0.15, 0.2) is 4.93 Å². The molecule has 2 aliphatic rings. The number of aromatic hydroxyl groups is 1. The van der Waals surface area contributed by atoms with Crippen LogP contribution < -0.4 is 9.64 Å². The second kappa shape index (κ2) is 8.02. The van der Waals surface area contributed by atoms with Gasteiger partial charge in [0.05, 0.1) is 0 Å². The van der Waals surface area contributed by atoms with Crippen LogP contribution >= 0.6 is 11.8 Å². The number of nitrogens with zero attached hydrogens (tertiary/aromatic N) is 3. The Bertz CT molecular complexity index is 958. The van der Waals surface area contributed by atoms with Crippen molar-refractivity contribution in [2.75, 3.05) is 31.1 Å². The summed E-state index contributed by atoms with van der Waals surface area (Å²) in [5.74, 6) is 2.14. The predicted octanol–water partition coefficient (Wildman–Crippen LogP) is 4.43. The Hall–Kier alpha value is -2.41. The molecule has 1 fully saturated rings. The number of carbonyl (C=O) groups is 1. The van der Waals surface area contributed by atoms with Gasteiger partial charge in [0, 0.05) is 44.4 Å². The number of rotatable bonds is 2. The second-order valence-corrected chi connectivity index (χ2v) is 9.71. The van der Waals surface area contributed by atoms with Crippen LogP contribution in [0.2, 0.25) is 0 Å². The van der Waals surface area contributed by atoms with Crippen molar-refractivity contribution in [2.45, 2.75) is 45.5 Å². The van der Waals surface area contributed by atoms with Crippen LogP contribution in [-0.2, 0) is 6.42 Å². The van der Waals surface area contributed by atoms with Crippen molar-refractivity contribution < 1.29 is 14.6 Å². The molecule has 1 unspecified atom stereocenters. The molecule has 6 nitrogen and oxygen atoms in total. The molecule has 1 saturated heterocycles. The highest BCUT2D eigenvalue weighted by Gasteiger charge is 2.38. The van der Waals surface area contributed by atoms with E-state index in [2.05, 4.69) is 9.88 Å². The molecule has 1 atom stereocenters. The van der Waals surface area contributed by atoms with Crippen LogP contribution in [0.4, 0.5) is 10.6 Å². The highest BCUT2D eigenvalue weighted by atomic mass is 32.2. The number of phenolic OH excluding ortho intramolecular Hbond substituents is 1. The van der Waals surface area contributed by atoms with Crippen molar-refractivity contribution in [3.63, 3.8) is 0 Å². The van der Waals surface area contributed by atoms with E-state index in [0.29, 0.717) is 18.8 Å². The summed E-state index contributed by atoms with van der Waals surface area (Å²) in [4.78, 5) is 21.0. The Balaban J connectivity index is 1.42. The van der Waals surface area contributed by atoms with Gasteiger partial charge in [-0.3, -0.25) is 4.79 Å². The Morgan fingerprint density at radius 2 is 1.87 bits per heavy atom. The molecule has 1 N–H and O–H groups in total. The fraction of sp³-hybridized carbons (Fsp3) is 0.478. The van der Waals surface area contributed by atoms with Crippen LogP contribution in [-0.4, -0.2) is 51.3 Å². The number of carbonyl (C=O) groups excluding carboxylic acids is 1. The molecule has 1 aromatic heterocycles. The SMILES string of the molecule is Cc1c(C)c2c(c(C)c1O)CCC(C)(SC(=O)N1CCN(c3ccccn3)CC1)O2. The quantitative estimate of drug-likeness (QED) is 0.765. The number of ether oxygens (including phenoxy) is 1. The lowest BCUT2D eigenvalue weighted by Crippen LogP contribution is -2.49. The first-order chi connectivity index (χ1) is 14.3. The van der Waals surface area contributed by atoms with Gasteiger partial charge in [-0.1, -0.05) is 6.07 Å². The molecule has 7 heteroatoms.